The molecule has 4 rings (SSSR count). The van der Waals surface area contributed by atoms with Crippen LogP contribution in [-0.2, 0) is 11.8 Å². The van der Waals surface area contributed by atoms with E-state index in [-0.39, 0.29) is 23.1 Å². The highest BCUT2D eigenvalue weighted by molar-refractivity contribution is 8.00. The summed E-state index contributed by atoms with van der Waals surface area (Å²) in [4.78, 5) is 39.3. The molecule has 0 fully saturated rings. The normalized spacial score (nSPS) is 11.6. The first-order valence-electron chi connectivity index (χ1n) is 11.7. The van der Waals surface area contributed by atoms with Gasteiger partial charge >= 0.3 is 0 Å². The van der Waals surface area contributed by atoms with Crippen molar-refractivity contribution in [2.75, 3.05) is 17.7 Å². The zero-order valence-electron chi connectivity index (χ0n) is 21.0. The summed E-state index contributed by atoms with van der Waals surface area (Å²) >= 11 is 1.36. The minimum atomic E-state index is -0.455. The predicted molar refractivity (Wildman–Crippen MR) is 147 cm³/mol. The lowest BCUT2D eigenvalue weighted by atomic mass is 10.2. The lowest BCUT2D eigenvalue weighted by Crippen LogP contribution is -2.27. The summed E-state index contributed by atoms with van der Waals surface area (Å²) in [5.41, 5.74) is 2.53. The summed E-state index contributed by atoms with van der Waals surface area (Å²) in [6.07, 6.45) is 0. The Labute approximate surface area is 219 Å². The van der Waals surface area contributed by atoms with Crippen molar-refractivity contribution in [3.05, 3.63) is 100 Å². The van der Waals surface area contributed by atoms with Gasteiger partial charge in [0.05, 0.1) is 23.7 Å². The molecular formula is C28H28N4O4S. The number of anilines is 2. The Morgan fingerprint density at radius 3 is 2.19 bits per heavy atom. The zero-order chi connectivity index (χ0) is 26.5. The Kier molecular flexibility index (Phi) is 7.83. The van der Waals surface area contributed by atoms with Gasteiger partial charge in [-0.3, -0.25) is 19.1 Å². The molecule has 190 valence electrons. The number of para-hydroxylation sites is 1. The van der Waals surface area contributed by atoms with Gasteiger partial charge in [0.1, 0.15) is 11.4 Å². The number of methoxy groups -OCH3 is 1. The number of thioether (sulfide) groups is 1. The van der Waals surface area contributed by atoms with E-state index in [9.17, 15) is 14.4 Å². The third-order valence-electron chi connectivity index (χ3n) is 5.95. The molecule has 3 aromatic carbocycles. The molecule has 1 atom stereocenters. The van der Waals surface area contributed by atoms with Crippen LogP contribution in [0.25, 0.3) is 5.69 Å². The van der Waals surface area contributed by atoms with Gasteiger partial charge in [-0.15, -0.1) is 11.8 Å². The highest BCUT2D eigenvalue weighted by Crippen LogP contribution is 2.26. The minimum Gasteiger partial charge on any atom is -0.497 e. The SMILES string of the molecule is COc1ccc(C(=O)Nc2ccc(SC(C)C(=O)Nc3c(C)n(C)n(-c4ccccc4)c3=O)cc2)cc1. The Hall–Kier alpha value is -4.24. The molecule has 1 unspecified atom stereocenters. The molecule has 0 saturated heterocycles. The molecular weight excluding hydrogens is 488 g/mol. The molecule has 0 saturated carbocycles. The molecule has 0 aliphatic rings. The van der Waals surface area contributed by atoms with Crippen LogP contribution in [0.5, 0.6) is 5.75 Å². The van der Waals surface area contributed by atoms with Crippen LogP contribution in [0.15, 0.2) is 88.6 Å². The number of ether oxygens (including phenoxy) is 1. The predicted octanol–water partition coefficient (Wildman–Crippen LogP) is 4.86. The standard InChI is InChI=1S/C28H28N4O4S/c1-18-25(28(35)32(31(18)3)22-8-6-5-7-9-22)30-26(33)19(2)37-24-16-12-21(13-17-24)29-27(34)20-10-14-23(36-4)15-11-20/h5-17,19H,1-4H3,(H,29,34)(H,30,33). The molecule has 0 aliphatic heterocycles. The number of hydrogen-bond donors (Lipinski definition) is 2. The van der Waals surface area contributed by atoms with E-state index >= 15 is 0 Å². The number of aromatic nitrogens is 2. The number of benzene rings is 3. The molecule has 2 amide bonds. The topological polar surface area (TPSA) is 94.4 Å². The van der Waals surface area contributed by atoms with E-state index in [4.69, 9.17) is 4.74 Å². The van der Waals surface area contributed by atoms with Crippen molar-refractivity contribution < 1.29 is 14.3 Å². The van der Waals surface area contributed by atoms with Gasteiger partial charge in [0.2, 0.25) is 5.91 Å². The number of hydrogen-bond acceptors (Lipinski definition) is 5. The summed E-state index contributed by atoms with van der Waals surface area (Å²) < 4.78 is 8.37. The Balaban J connectivity index is 1.39. The summed E-state index contributed by atoms with van der Waals surface area (Å²) in [5.74, 6) is 0.184. The maximum Gasteiger partial charge on any atom is 0.295 e. The van der Waals surface area contributed by atoms with Crippen LogP contribution < -0.4 is 20.9 Å². The maximum atomic E-state index is 13.1. The number of rotatable bonds is 8. The van der Waals surface area contributed by atoms with Gasteiger partial charge in [-0.05, 0) is 74.5 Å². The van der Waals surface area contributed by atoms with Crippen molar-refractivity contribution >= 4 is 35.0 Å². The van der Waals surface area contributed by atoms with E-state index < -0.39 is 5.25 Å². The molecule has 0 bridgehead atoms. The molecule has 4 aromatic rings. The first-order chi connectivity index (χ1) is 17.8. The van der Waals surface area contributed by atoms with Crippen molar-refractivity contribution in [3.8, 4) is 11.4 Å². The maximum absolute atomic E-state index is 13.1. The first-order valence-corrected chi connectivity index (χ1v) is 12.5. The van der Waals surface area contributed by atoms with Crippen LogP contribution in [0, 0.1) is 6.92 Å². The second-order valence-electron chi connectivity index (χ2n) is 8.39. The van der Waals surface area contributed by atoms with E-state index in [1.807, 2.05) is 42.5 Å². The number of carbonyl (C=O) groups is 2. The fourth-order valence-electron chi connectivity index (χ4n) is 3.76. The van der Waals surface area contributed by atoms with E-state index in [0.717, 1.165) is 10.6 Å². The molecule has 37 heavy (non-hydrogen) atoms. The molecule has 2 N–H and O–H groups in total. The van der Waals surface area contributed by atoms with E-state index in [2.05, 4.69) is 10.6 Å². The summed E-state index contributed by atoms with van der Waals surface area (Å²) in [6, 6.07) is 23.4. The third kappa shape index (κ3) is 5.78. The van der Waals surface area contributed by atoms with E-state index in [1.54, 1.807) is 69.1 Å². The van der Waals surface area contributed by atoms with Crippen LogP contribution in [0.4, 0.5) is 11.4 Å². The van der Waals surface area contributed by atoms with Crippen molar-refractivity contribution in [2.45, 2.75) is 24.0 Å². The second kappa shape index (κ2) is 11.2. The zero-order valence-corrected chi connectivity index (χ0v) is 21.8. The molecule has 1 heterocycles. The molecule has 0 spiro atoms. The third-order valence-corrected chi connectivity index (χ3v) is 7.06. The van der Waals surface area contributed by atoms with Crippen molar-refractivity contribution in [1.29, 1.82) is 0 Å². The van der Waals surface area contributed by atoms with Gasteiger partial charge in [-0.2, -0.15) is 0 Å². The van der Waals surface area contributed by atoms with Gasteiger partial charge in [0.25, 0.3) is 11.5 Å². The van der Waals surface area contributed by atoms with Gasteiger partial charge in [0.15, 0.2) is 0 Å². The largest absolute Gasteiger partial charge is 0.497 e. The van der Waals surface area contributed by atoms with Gasteiger partial charge in [-0.25, -0.2) is 4.68 Å². The van der Waals surface area contributed by atoms with Crippen molar-refractivity contribution in [1.82, 2.24) is 9.36 Å². The van der Waals surface area contributed by atoms with Crippen LogP contribution in [-0.4, -0.2) is 33.5 Å². The summed E-state index contributed by atoms with van der Waals surface area (Å²) in [7, 11) is 3.36. The van der Waals surface area contributed by atoms with Gasteiger partial charge in [0, 0.05) is 23.2 Å². The number of nitrogens with one attached hydrogen (secondary N) is 2. The lowest BCUT2D eigenvalue weighted by Gasteiger charge is -2.12. The smallest absolute Gasteiger partial charge is 0.295 e. The fourth-order valence-corrected chi connectivity index (χ4v) is 4.62. The average Bonchev–Trinajstić information content (AvgIpc) is 3.13. The first kappa shape index (κ1) is 25.8. The van der Waals surface area contributed by atoms with E-state index in [1.165, 1.54) is 16.4 Å². The molecule has 1 aromatic heterocycles. The molecule has 0 aliphatic carbocycles. The second-order valence-corrected chi connectivity index (χ2v) is 9.81. The van der Waals surface area contributed by atoms with Gasteiger partial charge in [-0.1, -0.05) is 18.2 Å². The van der Waals surface area contributed by atoms with Crippen molar-refractivity contribution in [2.24, 2.45) is 7.05 Å². The van der Waals surface area contributed by atoms with Crippen LogP contribution in [0.2, 0.25) is 0 Å². The van der Waals surface area contributed by atoms with Crippen LogP contribution >= 0.6 is 11.8 Å². The fraction of sp³-hybridized carbons (Fsp3) is 0.179. The average molecular weight is 517 g/mol. The number of amides is 2. The molecule has 8 nitrogen and oxygen atoms in total. The Morgan fingerprint density at radius 1 is 0.919 bits per heavy atom. The Bertz CT molecular complexity index is 1460. The van der Waals surface area contributed by atoms with Gasteiger partial charge < -0.3 is 15.4 Å². The highest BCUT2D eigenvalue weighted by Gasteiger charge is 2.21. The highest BCUT2D eigenvalue weighted by atomic mass is 32.2. The molecule has 0 radical (unpaired) electrons. The minimum absolute atomic E-state index is 0.227. The number of carbonyl (C=O) groups excluding carboxylic acids is 2. The van der Waals surface area contributed by atoms with E-state index in [0.29, 0.717) is 22.7 Å². The monoisotopic (exact) mass is 516 g/mol. The lowest BCUT2D eigenvalue weighted by molar-refractivity contribution is -0.115. The Morgan fingerprint density at radius 2 is 1.57 bits per heavy atom. The number of nitrogens with zero attached hydrogens (tertiary/aromatic N) is 2. The van der Waals surface area contributed by atoms with Crippen LogP contribution in [0.1, 0.15) is 23.0 Å². The quantitative estimate of drug-likeness (QED) is 0.326. The summed E-state index contributed by atoms with van der Waals surface area (Å²) in [5, 5.41) is 5.22. The molecule has 9 heteroatoms. The van der Waals surface area contributed by atoms with Crippen LogP contribution in [0.3, 0.4) is 0 Å². The van der Waals surface area contributed by atoms with Crippen molar-refractivity contribution in [3.63, 3.8) is 0 Å². The summed E-state index contributed by atoms with van der Waals surface area (Å²) in [6.45, 7) is 3.58.